The Balaban J connectivity index is 1.73. The van der Waals surface area contributed by atoms with Crippen molar-refractivity contribution >= 4 is 35.3 Å². The fourth-order valence-electron chi connectivity index (χ4n) is 4.00. The Kier molecular flexibility index (Phi) is 30.7. The molecule has 18 heteroatoms. The van der Waals surface area contributed by atoms with Crippen molar-refractivity contribution in [1.82, 2.24) is 10.4 Å². The van der Waals surface area contributed by atoms with Crippen LogP contribution in [0.4, 0.5) is 0 Å². The van der Waals surface area contributed by atoms with Crippen molar-refractivity contribution in [2.45, 2.75) is 58.3 Å². The second-order valence-electron chi connectivity index (χ2n) is 11.3. The van der Waals surface area contributed by atoms with Crippen LogP contribution >= 0.6 is 0 Å². The van der Waals surface area contributed by atoms with Crippen molar-refractivity contribution in [1.29, 1.82) is 0 Å². The number of nitrogens with zero attached hydrogens (tertiary/aromatic N) is 1. The van der Waals surface area contributed by atoms with Gasteiger partial charge < -0.3 is 52.8 Å². The van der Waals surface area contributed by atoms with Crippen LogP contribution in [0.2, 0.25) is 0 Å². The van der Waals surface area contributed by atoms with E-state index in [1.165, 1.54) is 6.92 Å². The number of nitrogens with one attached hydrogen (secondary N) is 1. The maximum Gasteiger partial charge on any atom is 0.335 e. The van der Waals surface area contributed by atoms with Crippen molar-refractivity contribution in [3.8, 4) is 0 Å². The number of ketones is 2. The standard InChI is InChI=1S/C34H58N2O16/c1-29(37)6-12-44-18-24-51-28-22-48-16-10-35-31(39)8-14-46-20-26-50-25-19-45-13-7-30(38)3-2-11-43-17-23-49-27-21-47-15-9-34(42)52-36-32(40)4-5-33(36)41/h2-28H2,1H3,(H,35,39). The van der Waals surface area contributed by atoms with E-state index in [1.54, 1.807) is 0 Å². The van der Waals surface area contributed by atoms with Crippen LogP contribution in [0.1, 0.15) is 58.3 Å². The van der Waals surface area contributed by atoms with Gasteiger partial charge in [0.25, 0.3) is 11.8 Å². The zero-order chi connectivity index (χ0) is 37.9. The number of carbonyl (C=O) groups is 6. The molecule has 1 N–H and O–H groups in total. The summed E-state index contributed by atoms with van der Waals surface area (Å²) in [7, 11) is 0. The highest BCUT2D eigenvalue weighted by Crippen LogP contribution is 2.12. The molecular formula is C34H58N2O16. The fraction of sp³-hybridized carbons (Fsp3) is 0.824. The Bertz CT molecular complexity index is 983. The van der Waals surface area contributed by atoms with Crippen molar-refractivity contribution in [3.63, 3.8) is 0 Å². The van der Waals surface area contributed by atoms with Crippen LogP contribution in [-0.2, 0) is 76.2 Å². The molecule has 0 aliphatic carbocycles. The summed E-state index contributed by atoms with van der Waals surface area (Å²) in [6, 6.07) is 0. The van der Waals surface area contributed by atoms with Gasteiger partial charge in [-0.15, -0.1) is 5.06 Å². The average Bonchev–Trinajstić information content (AvgIpc) is 3.43. The number of imide groups is 1. The van der Waals surface area contributed by atoms with E-state index in [0.717, 1.165) is 0 Å². The maximum atomic E-state index is 12.0. The van der Waals surface area contributed by atoms with Crippen molar-refractivity contribution in [2.75, 3.05) is 125 Å². The molecule has 1 saturated heterocycles. The fourth-order valence-corrected chi connectivity index (χ4v) is 4.00. The Morgan fingerprint density at radius 1 is 0.500 bits per heavy atom. The third kappa shape index (κ3) is 29.6. The molecule has 0 spiro atoms. The minimum atomic E-state index is -0.716. The highest BCUT2D eigenvalue weighted by molar-refractivity contribution is 6.01. The molecule has 1 aliphatic heterocycles. The van der Waals surface area contributed by atoms with E-state index in [4.69, 9.17) is 47.5 Å². The zero-order valence-electron chi connectivity index (χ0n) is 30.6. The molecule has 3 amide bonds. The van der Waals surface area contributed by atoms with Crippen molar-refractivity contribution in [3.05, 3.63) is 0 Å². The number of hydroxylamine groups is 2. The Hall–Kier alpha value is -2.94. The number of amides is 3. The summed E-state index contributed by atoms with van der Waals surface area (Å²) in [5.41, 5.74) is 0. The van der Waals surface area contributed by atoms with Gasteiger partial charge in [-0.1, -0.05) is 0 Å². The summed E-state index contributed by atoms with van der Waals surface area (Å²) < 4.78 is 48.4. The summed E-state index contributed by atoms with van der Waals surface area (Å²) in [5.74, 6) is -1.70. The third-order valence-corrected chi connectivity index (χ3v) is 6.79. The van der Waals surface area contributed by atoms with Gasteiger partial charge >= 0.3 is 5.97 Å². The maximum absolute atomic E-state index is 12.0. The predicted octanol–water partition coefficient (Wildman–Crippen LogP) is 0.358. The van der Waals surface area contributed by atoms with Gasteiger partial charge in [-0.25, -0.2) is 4.79 Å². The smallest absolute Gasteiger partial charge is 0.335 e. The monoisotopic (exact) mass is 750 g/mol. The van der Waals surface area contributed by atoms with E-state index in [-0.39, 0.29) is 63.0 Å². The molecular weight excluding hydrogens is 692 g/mol. The van der Waals surface area contributed by atoms with E-state index in [0.29, 0.717) is 136 Å². The molecule has 18 nitrogen and oxygen atoms in total. The molecule has 1 aliphatic rings. The number of carbonyl (C=O) groups excluding carboxylic acids is 6. The molecule has 1 rings (SSSR count). The SMILES string of the molecule is CC(=O)CCOCCOCCOCCNC(=O)CCOCCOCCOCCC(=O)CCCOCCOCCOCCC(=O)ON1C(=O)CCC1=O. The Morgan fingerprint density at radius 3 is 1.40 bits per heavy atom. The van der Waals surface area contributed by atoms with E-state index < -0.39 is 17.8 Å². The number of Topliss-reactive ketones (excluding diaryl/α,β-unsaturated/α-hetero) is 2. The summed E-state index contributed by atoms with van der Waals surface area (Å²) in [6.45, 7) is 8.29. The molecule has 0 saturated carbocycles. The first-order valence-corrected chi connectivity index (χ1v) is 17.8. The lowest BCUT2D eigenvalue weighted by Gasteiger charge is -2.12. The zero-order valence-corrected chi connectivity index (χ0v) is 30.6. The van der Waals surface area contributed by atoms with Gasteiger partial charge in [-0.2, -0.15) is 0 Å². The topological polar surface area (TPSA) is 210 Å². The van der Waals surface area contributed by atoms with E-state index in [2.05, 4.69) is 5.32 Å². The first-order valence-electron chi connectivity index (χ1n) is 17.8. The second-order valence-corrected chi connectivity index (χ2v) is 11.3. The molecule has 0 aromatic heterocycles. The largest absolute Gasteiger partial charge is 0.379 e. The summed E-state index contributed by atoms with van der Waals surface area (Å²) in [5, 5.41) is 3.26. The van der Waals surface area contributed by atoms with Gasteiger partial charge in [-0.05, 0) is 13.3 Å². The first kappa shape index (κ1) is 47.1. The summed E-state index contributed by atoms with van der Waals surface area (Å²) in [4.78, 5) is 73.8. The normalized spacial score (nSPS) is 12.8. The molecule has 0 radical (unpaired) electrons. The molecule has 0 atom stereocenters. The van der Waals surface area contributed by atoms with Gasteiger partial charge in [0.2, 0.25) is 5.91 Å². The number of rotatable bonds is 38. The second kappa shape index (κ2) is 33.9. The molecule has 0 aromatic rings. The highest BCUT2D eigenvalue weighted by Gasteiger charge is 2.32. The molecule has 52 heavy (non-hydrogen) atoms. The molecule has 0 bridgehead atoms. The number of hydrogen-bond donors (Lipinski definition) is 1. The number of ether oxygens (including phenoxy) is 9. The third-order valence-electron chi connectivity index (χ3n) is 6.79. The van der Waals surface area contributed by atoms with Crippen LogP contribution < -0.4 is 5.32 Å². The summed E-state index contributed by atoms with van der Waals surface area (Å²) >= 11 is 0. The predicted molar refractivity (Wildman–Crippen MR) is 181 cm³/mol. The van der Waals surface area contributed by atoms with Gasteiger partial charge in [0, 0.05) is 51.7 Å². The van der Waals surface area contributed by atoms with Crippen molar-refractivity contribution < 1.29 is 76.2 Å². The number of hydrogen-bond acceptors (Lipinski definition) is 16. The van der Waals surface area contributed by atoms with E-state index >= 15 is 0 Å². The van der Waals surface area contributed by atoms with Gasteiger partial charge in [-0.3, -0.25) is 24.0 Å². The van der Waals surface area contributed by atoms with Crippen molar-refractivity contribution in [2.24, 2.45) is 0 Å². The van der Waals surface area contributed by atoms with Crippen LogP contribution in [0.3, 0.4) is 0 Å². The van der Waals surface area contributed by atoms with E-state index in [9.17, 15) is 28.8 Å². The minimum absolute atomic E-state index is 0.0459. The molecule has 0 aromatic carbocycles. The first-order chi connectivity index (χ1) is 25.3. The Labute approximate surface area is 305 Å². The molecule has 300 valence electrons. The van der Waals surface area contributed by atoms with Gasteiger partial charge in [0.05, 0.1) is 119 Å². The lowest BCUT2D eigenvalue weighted by molar-refractivity contribution is -0.198. The minimum Gasteiger partial charge on any atom is -0.379 e. The molecule has 1 heterocycles. The van der Waals surface area contributed by atoms with Crippen LogP contribution in [0.5, 0.6) is 0 Å². The van der Waals surface area contributed by atoms with Crippen LogP contribution in [-0.4, -0.2) is 166 Å². The lowest BCUT2D eigenvalue weighted by Crippen LogP contribution is -2.32. The summed E-state index contributed by atoms with van der Waals surface area (Å²) in [6.07, 6.45) is 1.97. The highest BCUT2D eigenvalue weighted by atomic mass is 16.7. The quantitative estimate of drug-likeness (QED) is 0.0667. The Morgan fingerprint density at radius 2 is 0.904 bits per heavy atom. The average molecular weight is 751 g/mol. The molecule has 1 fully saturated rings. The molecule has 0 unspecified atom stereocenters. The van der Waals surface area contributed by atoms with E-state index in [1.807, 2.05) is 0 Å². The van der Waals surface area contributed by atoms with Crippen LogP contribution in [0, 0.1) is 0 Å². The van der Waals surface area contributed by atoms with Crippen LogP contribution in [0.25, 0.3) is 0 Å². The lowest BCUT2D eigenvalue weighted by atomic mass is 10.2. The van der Waals surface area contributed by atoms with Crippen LogP contribution in [0.15, 0.2) is 0 Å². The van der Waals surface area contributed by atoms with Gasteiger partial charge in [0.15, 0.2) is 0 Å². The van der Waals surface area contributed by atoms with Gasteiger partial charge in [0.1, 0.15) is 11.6 Å².